The molecule has 21 heavy (non-hydrogen) atoms. The first-order valence-corrected chi connectivity index (χ1v) is 7.03. The molecule has 2 N–H and O–H groups in total. The number of amides is 1. The first kappa shape index (κ1) is 15.2. The van der Waals surface area contributed by atoms with Crippen molar-refractivity contribution in [3.63, 3.8) is 0 Å². The van der Waals surface area contributed by atoms with Gasteiger partial charge in [-0.15, -0.1) is 0 Å². The van der Waals surface area contributed by atoms with Crippen LogP contribution in [0, 0.1) is 0 Å². The predicted molar refractivity (Wildman–Crippen MR) is 83.4 cm³/mol. The summed E-state index contributed by atoms with van der Waals surface area (Å²) >= 11 is 3.31. The van der Waals surface area contributed by atoms with E-state index in [9.17, 15) is 4.79 Å². The Bertz CT molecular complexity index is 631. The van der Waals surface area contributed by atoms with E-state index in [1.54, 1.807) is 38.7 Å². The maximum atomic E-state index is 12.2. The number of carbonyl (C=O) groups excluding carboxylic acids is 1. The topological polar surface area (TPSA) is 76.1 Å². The molecule has 0 spiro atoms. The Morgan fingerprint density at radius 1 is 1.33 bits per heavy atom. The molecule has 0 aromatic carbocycles. The summed E-state index contributed by atoms with van der Waals surface area (Å²) in [5.41, 5.74) is 1.37. The van der Waals surface area contributed by atoms with Crippen LogP contribution in [-0.4, -0.2) is 30.0 Å². The molecule has 2 aromatic heterocycles. The molecule has 0 bridgehead atoms. The number of hydrogen-bond acceptors (Lipinski definition) is 5. The molecule has 1 amide bonds. The van der Waals surface area contributed by atoms with Crippen LogP contribution >= 0.6 is 15.9 Å². The number of nitrogens with zero attached hydrogens (tertiary/aromatic N) is 2. The molecule has 0 radical (unpaired) electrons. The highest BCUT2D eigenvalue weighted by molar-refractivity contribution is 9.10. The van der Waals surface area contributed by atoms with Gasteiger partial charge >= 0.3 is 0 Å². The van der Waals surface area contributed by atoms with Gasteiger partial charge < -0.3 is 15.4 Å². The lowest BCUT2D eigenvalue weighted by Gasteiger charge is -2.09. The van der Waals surface area contributed by atoms with Crippen molar-refractivity contribution in [2.24, 2.45) is 0 Å². The van der Waals surface area contributed by atoms with E-state index in [0.717, 1.165) is 10.0 Å². The molecule has 7 heteroatoms. The van der Waals surface area contributed by atoms with E-state index in [1.165, 1.54) is 0 Å². The summed E-state index contributed by atoms with van der Waals surface area (Å²) in [6, 6.07) is 5.33. The first-order valence-electron chi connectivity index (χ1n) is 6.24. The summed E-state index contributed by atoms with van der Waals surface area (Å²) in [6.07, 6.45) is 3.30. The summed E-state index contributed by atoms with van der Waals surface area (Å²) < 4.78 is 5.74. The van der Waals surface area contributed by atoms with E-state index in [-0.39, 0.29) is 5.91 Å². The van der Waals surface area contributed by atoms with Crippen LogP contribution in [0.5, 0.6) is 5.88 Å². The second-order valence-electron chi connectivity index (χ2n) is 4.19. The van der Waals surface area contributed by atoms with Crippen molar-refractivity contribution < 1.29 is 9.53 Å². The predicted octanol–water partition coefficient (Wildman–Crippen LogP) is 2.22. The molecular formula is C14H15BrN4O2. The highest BCUT2D eigenvalue weighted by Crippen LogP contribution is 2.17. The molecule has 0 aliphatic heterocycles. The fraction of sp³-hybridized carbons (Fsp3) is 0.214. The fourth-order valence-corrected chi connectivity index (χ4v) is 2.06. The number of ether oxygens (including phenoxy) is 1. The van der Waals surface area contributed by atoms with Gasteiger partial charge in [0.1, 0.15) is 5.82 Å². The normalized spacial score (nSPS) is 10.0. The van der Waals surface area contributed by atoms with Crippen LogP contribution in [0.4, 0.5) is 5.82 Å². The zero-order chi connectivity index (χ0) is 15.2. The van der Waals surface area contributed by atoms with Crippen molar-refractivity contribution >= 4 is 27.7 Å². The molecule has 0 aliphatic carbocycles. The number of aromatic nitrogens is 2. The monoisotopic (exact) mass is 350 g/mol. The number of halogens is 1. The van der Waals surface area contributed by atoms with Gasteiger partial charge in [0.2, 0.25) is 5.88 Å². The van der Waals surface area contributed by atoms with Crippen LogP contribution in [0.25, 0.3) is 0 Å². The standard InChI is InChI=1S/C14H15BrN4O2/c1-16-13-11(5-10(15)8-18-13)14(20)19-7-9-3-4-12(21-2)17-6-9/h3-6,8H,7H2,1-2H3,(H,16,18)(H,19,20). The molecule has 2 rings (SSSR count). The van der Waals surface area contributed by atoms with Gasteiger partial charge in [0.15, 0.2) is 0 Å². The smallest absolute Gasteiger partial charge is 0.255 e. The molecule has 110 valence electrons. The number of hydrogen-bond donors (Lipinski definition) is 2. The quantitative estimate of drug-likeness (QED) is 0.864. The third-order valence-electron chi connectivity index (χ3n) is 2.80. The largest absolute Gasteiger partial charge is 0.481 e. The van der Waals surface area contributed by atoms with Crippen LogP contribution in [-0.2, 0) is 6.54 Å². The van der Waals surface area contributed by atoms with Gasteiger partial charge in [0.05, 0.1) is 12.7 Å². The molecule has 0 saturated carbocycles. The minimum absolute atomic E-state index is 0.205. The summed E-state index contributed by atoms with van der Waals surface area (Å²) in [7, 11) is 3.28. The molecule has 0 atom stereocenters. The average Bonchev–Trinajstić information content (AvgIpc) is 2.53. The molecule has 0 aliphatic rings. The van der Waals surface area contributed by atoms with Crippen LogP contribution in [0.1, 0.15) is 15.9 Å². The van der Waals surface area contributed by atoms with Crippen LogP contribution in [0.15, 0.2) is 35.1 Å². The Morgan fingerprint density at radius 3 is 2.76 bits per heavy atom. The van der Waals surface area contributed by atoms with Crippen LogP contribution in [0.2, 0.25) is 0 Å². The zero-order valence-electron chi connectivity index (χ0n) is 11.7. The van der Waals surface area contributed by atoms with E-state index in [1.807, 2.05) is 6.07 Å². The summed E-state index contributed by atoms with van der Waals surface area (Å²) in [6.45, 7) is 0.380. The van der Waals surface area contributed by atoms with E-state index in [4.69, 9.17) is 4.74 Å². The van der Waals surface area contributed by atoms with E-state index < -0.39 is 0 Å². The lowest BCUT2D eigenvalue weighted by atomic mass is 10.2. The van der Waals surface area contributed by atoms with E-state index in [0.29, 0.717) is 23.8 Å². The molecule has 2 aromatic rings. The van der Waals surface area contributed by atoms with E-state index in [2.05, 4.69) is 36.5 Å². The number of methoxy groups -OCH3 is 1. The third-order valence-corrected chi connectivity index (χ3v) is 3.23. The second kappa shape index (κ2) is 7.03. The molecule has 0 unspecified atom stereocenters. The molecular weight excluding hydrogens is 336 g/mol. The summed E-state index contributed by atoms with van der Waals surface area (Å²) in [5.74, 6) is 0.867. The zero-order valence-corrected chi connectivity index (χ0v) is 13.3. The third kappa shape index (κ3) is 3.91. The number of anilines is 1. The van der Waals surface area contributed by atoms with Crippen LogP contribution in [0.3, 0.4) is 0 Å². The number of rotatable bonds is 5. The van der Waals surface area contributed by atoms with Gasteiger partial charge in [0, 0.05) is 36.5 Å². The van der Waals surface area contributed by atoms with Crippen molar-refractivity contribution in [1.82, 2.24) is 15.3 Å². The first-order chi connectivity index (χ1) is 10.1. The number of pyridine rings is 2. The minimum atomic E-state index is -0.205. The molecule has 0 saturated heterocycles. The SMILES string of the molecule is CNc1ncc(Br)cc1C(=O)NCc1ccc(OC)nc1. The summed E-state index contributed by atoms with van der Waals surface area (Å²) in [5, 5.41) is 5.73. The lowest BCUT2D eigenvalue weighted by molar-refractivity contribution is 0.0951. The van der Waals surface area contributed by atoms with Crippen molar-refractivity contribution in [3.05, 3.63) is 46.2 Å². The minimum Gasteiger partial charge on any atom is -0.481 e. The van der Waals surface area contributed by atoms with Crippen LogP contribution < -0.4 is 15.4 Å². The highest BCUT2D eigenvalue weighted by atomic mass is 79.9. The summed E-state index contributed by atoms with van der Waals surface area (Å²) in [4.78, 5) is 20.5. The van der Waals surface area contributed by atoms with Crippen molar-refractivity contribution in [2.75, 3.05) is 19.5 Å². The fourth-order valence-electron chi connectivity index (χ4n) is 1.73. The number of nitrogens with one attached hydrogen (secondary N) is 2. The Labute approximate surface area is 131 Å². The maximum absolute atomic E-state index is 12.2. The van der Waals surface area contributed by atoms with Gasteiger partial charge in [-0.05, 0) is 27.6 Å². The second-order valence-corrected chi connectivity index (χ2v) is 5.11. The Morgan fingerprint density at radius 2 is 2.14 bits per heavy atom. The Kier molecular flexibility index (Phi) is 5.10. The van der Waals surface area contributed by atoms with Gasteiger partial charge in [0.25, 0.3) is 5.91 Å². The highest BCUT2D eigenvalue weighted by Gasteiger charge is 2.12. The molecule has 0 fully saturated rings. The van der Waals surface area contributed by atoms with Crippen molar-refractivity contribution in [1.29, 1.82) is 0 Å². The van der Waals surface area contributed by atoms with Crippen molar-refractivity contribution in [3.8, 4) is 5.88 Å². The van der Waals surface area contributed by atoms with Gasteiger partial charge in [-0.25, -0.2) is 9.97 Å². The van der Waals surface area contributed by atoms with Gasteiger partial charge in [-0.3, -0.25) is 4.79 Å². The Hall–Kier alpha value is -2.15. The van der Waals surface area contributed by atoms with Gasteiger partial charge in [-0.2, -0.15) is 0 Å². The maximum Gasteiger partial charge on any atom is 0.255 e. The number of carbonyl (C=O) groups is 1. The average molecular weight is 351 g/mol. The molecule has 6 nitrogen and oxygen atoms in total. The van der Waals surface area contributed by atoms with E-state index >= 15 is 0 Å². The Balaban J connectivity index is 2.05. The lowest BCUT2D eigenvalue weighted by Crippen LogP contribution is -2.24. The molecule has 2 heterocycles. The van der Waals surface area contributed by atoms with Gasteiger partial charge in [-0.1, -0.05) is 6.07 Å². The van der Waals surface area contributed by atoms with Crippen molar-refractivity contribution in [2.45, 2.75) is 6.54 Å².